The molecule has 0 radical (unpaired) electrons. The fraction of sp³-hybridized carbons (Fsp3) is 0.500. The number of halogens is 2. The van der Waals surface area contributed by atoms with Crippen LogP contribution in [-0.2, 0) is 26.0 Å². The first-order chi connectivity index (χ1) is 16.8. The van der Waals surface area contributed by atoms with Crippen LogP contribution in [0.5, 0.6) is 0 Å². The number of carbonyl (C=O) groups is 1. The van der Waals surface area contributed by atoms with Gasteiger partial charge in [-0.05, 0) is 61.8 Å². The molecule has 4 rings (SSSR count). The number of piperidine rings is 2. The number of rotatable bonds is 8. The minimum Gasteiger partial charge on any atom is -0.370 e. The van der Waals surface area contributed by atoms with Gasteiger partial charge in [0.05, 0.1) is 21.5 Å². The highest BCUT2D eigenvalue weighted by Crippen LogP contribution is 2.30. The van der Waals surface area contributed by atoms with Gasteiger partial charge in [-0.15, -0.1) is 0 Å². The number of benzene rings is 2. The Kier molecular flexibility index (Phi) is 9.11. The third-order valence-corrected chi connectivity index (χ3v) is 9.63. The van der Waals surface area contributed by atoms with Crippen molar-refractivity contribution >= 4 is 39.1 Å². The van der Waals surface area contributed by atoms with Crippen LogP contribution in [-0.4, -0.2) is 62.4 Å². The van der Waals surface area contributed by atoms with E-state index in [0.717, 1.165) is 45.2 Å². The van der Waals surface area contributed by atoms with Crippen molar-refractivity contribution in [1.29, 1.82) is 0 Å². The lowest BCUT2D eigenvalue weighted by atomic mass is 9.90. The Morgan fingerprint density at radius 3 is 2.40 bits per heavy atom. The number of amides is 1. The summed E-state index contributed by atoms with van der Waals surface area (Å²) in [4.78, 5) is 14.7. The van der Waals surface area contributed by atoms with Gasteiger partial charge in [-0.3, -0.25) is 4.79 Å². The molecule has 2 fully saturated rings. The molecule has 2 aromatic rings. The zero-order chi connectivity index (χ0) is 24.8. The van der Waals surface area contributed by atoms with E-state index in [1.165, 1.54) is 28.1 Å². The highest BCUT2D eigenvalue weighted by Gasteiger charge is 2.34. The lowest BCUT2D eigenvalue weighted by Crippen LogP contribution is -2.46. The van der Waals surface area contributed by atoms with Crippen LogP contribution >= 0.6 is 23.2 Å². The maximum Gasteiger partial charge on any atom is 0.248 e. The SMILES string of the molecule is O=C(COCC1CCCCN1S(=O)(=O)c1ccc(Cl)c(Cl)c1)N1CCC(Cc2ccccc2)CC1. The second kappa shape index (κ2) is 12.1. The molecule has 0 aliphatic carbocycles. The molecule has 190 valence electrons. The molecular weight excluding hydrogens is 507 g/mol. The normalized spacial score (nSPS) is 20.2. The van der Waals surface area contributed by atoms with Crippen LogP contribution in [0, 0.1) is 5.92 Å². The summed E-state index contributed by atoms with van der Waals surface area (Å²) >= 11 is 12.0. The predicted octanol–water partition coefficient (Wildman–Crippen LogP) is 5.03. The van der Waals surface area contributed by atoms with Gasteiger partial charge in [-0.1, -0.05) is 60.0 Å². The molecule has 1 atom stereocenters. The number of hydrogen-bond donors (Lipinski definition) is 0. The molecular formula is C26H32Cl2N2O4S. The molecule has 1 amide bonds. The van der Waals surface area contributed by atoms with Crippen LogP contribution < -0.4 is 0 Å². The van der Waals surface area contributed by atoms with Gasteiger partial charge in [0.1, 0.15) is 6.61 Å². The number of likely N-dealkylation sites (tertiary alicyclic amines) is 1. The van der Waals surface area contributed by atoms with E-state index in [1.807, 2.05) is 11.0 Å². The summed E-state index contributed by atoms with van der Waals surface area (Å²) in [6.07, 6.45) is 5.42. The van der Waals surface area contributed by atoms with Gasteiger partial charge in [-0.25, -0.2) is 8.42 Å². The molecule has 2 aliphatic heterocycles. The molecule has 2 saturated heterocycles. The van der Waals surface area contributed by atoms with Gasteiger partial charge >= 0.3 is 0 Å². The number of nitrogens with zero attached hydrogens (tertiary/aromatic N) is 2. The van der Waals surface area contributed by atoms with Crippen molar-refractivity contribution in [1.82, 2.24) is 9.21 Å². The minimum atomic E-state index is -3.74. The standard InChI is InChI=1S/C26H32Cl2N2O4S/c27-24-10-9-23(17-25(24)28)35(32,33)30-13-5-4-8-22(30)18-34-19-26(31)29-14-11-21(12-15-29)16-20-6-2-1-3-7-20/h1-3,6-7,9-10,17,21-22H,4-5,8,11-16,18-19H2. The summed E-state index contributed by atoms with van der Waals surface area (Å²) in [7, 11) is -3.74. The van der Waals surface area contributed by atoms with Gasteiger partial charge in [0, 0.05) is 25.7 Å². The Hall–Kier alpha value is -1.64. The van der Waals surface area contributed by atoms with E-state index in [4.69, 9.17) is 27.9 Å². The number of ether oxygens (including phenoxy) is 1. The van der Waals surface area contributed by atoms with Crippen molar-refractivity contribution in [3.05, 3.63) is 64.1 Å². The zero-order valence-corrected chi connectivity index (χ0v) is 22.1. The van der Waals surface area contributed by atoms with Crippen molar-refractivity contribution < 1.29 is 17.9 Å². The molecule has 0 aromatic heterocycles. The minimum absolute atomic E-state index is 0.0273. The number of sulfonamides is 1. The third-order valence-electron chi connectivity index (χ3n) is 6.94. The van der Waals surface area contributed by atoms with E-state index in [2.05, 4.69) is 24.3 Å². The van der Waals surface area contributed by atoms with Crippen molar-refractivity contribution in [2.24, 2.45) is 5.92 Å². The van der Waals surface area contributed by atoms with E-state index < -0.39 is 10.0 Å². The first-order valence-corrected chi connectivity index (χ1v) is 14.4. The first-order valence-electron chi connectivity index (χ1n) is 12.2. The molecule has 0 saturated carbocycles. The average molecular weight is 540 g/mol. The maximum atomic E-state index is 13.3. The number of hydrogen-bond acceptors (Lipinski definition) is 4. The van der Waals surface area contributed by atoms with Gasteiger partial charge < -0.3 is 9.64 Å². The Morgan fingerprint density at radius 1 is 0.943 bits per heavy atom. The fourth-order valence-corrected chi connectivity index (χ4v) is 7.01. The van der Waals surface area contributed by atoms with Gasteiger partial charge in [0.2, 0.25) is 15.9 Å². The molecule has 2 heterocycles. The Bertz CT molecular complexity index is 1110. The van der Waals surface area contributed by atoms with Crippen LogP contribution in [0.3, 0.4) is 0 Å². The predicted molar refractivity (Wildman–Crippen MR) is 138 cm³/mol. The molecule has 0 N–H and O–H groups in total. The van der Waals surface area contributed by atoms with E-state index in [9.17, 15) is 13.2 Å². The van der Waals surface area contributed by atoms with E-state index in [0.29, 0.717) is 23.9 Å². The summed E-state index contributed by atoms with van der Waals surface area (Å²) in [5.74, 6) is 0.558. The van der Waals surface area contributed by atoms with Crippen molar-refractivity contribution in [3.8, 4) is 0 Å². The highest BCUT2D eigenvalue weighted by molar-refractivity contribution is 7.89. The molecule has 35 heavy (non-hydrogen) atoms. The lowest BCUT2D eigenvalue weighted by Gasteiger charge is -2.35. The van der Waals surface area contributed by atoms with Gasteiger partial charge in [0.25, 0.3) is 0 Å². The summed E-state index contributed by atoms with van der Waals surface area (Å²) in [6, 6.07) is 14.5. The highest BCUT2D eigenvalue weighted by atomic mass is 35.5. The Morgan fingerprint density at radius 2 is 1.69 bits per heavy atom. The van der Waals surface area contributed by atoms with Crippen molar-refractivity contribution in [2.45, 2.75) is 49.5 Å². The molecule has 2 aromatic carbocycles. The molecule has 9 heteroatoms. The van der Waals surface area contributed by atoms with Crippen LogP contribution in [0.4, 0.5) is 0 Å². The summed E-state index contributed by atoms with van der Waals surface area (Å²) in [5, 5.41) is 0.516. The molecule has 2 aliphatic rings. The van der Waals surface area contributed by atoms with Crippen LogP contribution in [0.15, 0.2) is 53.4 Å². The summed E-state index contributed by atoms with van der Waals surface area (Å²) < 4.78 is 33.8. The van der Waals surface area contributed by atoms with Gasteiger partial charge in [-0.2, -0.15) is 4.31 Å². The van der Waals surface area contributed by atoms with E-state index >= 15 is 0 Å². The Labute approximate surface area is 218 Å². The third kappa shape index (κ3) is 6.77. The molecule has 1 unspecified atom stereocenters. The second-order valence-corrected chi connectivity index (χ2v) is 12.1. The maximum absolute atomic E-state index is 13.3. The van der Waals surface area contributed by atoms with Crippen molar-refractivity contribution in [3.63, 3.8) is 0 Å². The molecule has 6 nitrogen and oxygen atoms in total. The van der Waals surface area contributed by atoms with E-state index in [-0.39, 0.29) is 35.1 Å². The Balaban J connectivity index is 1.27. The topological polar surface area (TPSA) is 66.9 Å². The van der Waals surface area contributed by atoms with E-state index in [1.54, 1.807) is 0 Å². The second-order valence-electron chi connectivity index (χ2n) is 9.37. The fourth-order valence-electron chi connectivity index (χ4n) is 4.94. The van der Waals surface area contributed by atoms with Crippen LogP contribution in [0.2, 0.25) is 10.0 Å². The summed E-state index contributed by atoms with van der Waals surface area (Å²) in [6.45, 7) is 2.05. The average Bonchev–Trinajstić information content (AvgIpc) is 2.87. The molecule has 0 bridgehead atoms. The first kappa shape index (κ1) is 26.4. The lowest BCUT2D eigenvalue weighted by molar-refractivity contribution is -0.138. The zero-order valence-electron chi connectivity index (χ0n) is 19.7. The number of carbonyl (C=O) groups excluding carboxylic acids is 1. The van der Waals surface area contributed by atoms with Crippen LogP contribution in [0.1, 0.15) is 37.7 Å². The monoisotopic (exact) mass is 538 g/mol. The quantitative estimate of drug-likeness (QED) is 0.472. The van der Waals surface area contributed by atoms with Crippen LogP contribution in [0.25, 0.3) is 0 Å². The smallest absolute Gasteiger partial charge is 0.248 e. The largest absolute Gasteiger partial charge is 0.370 e. The van der Waals surface area contributed by atoms with Crippen molar-refractivity contribution in [2.75, 3.05) is 32.8 Å². The summed E-state index contributed by atoms with van der Waals surface area (Å²) in [5.41, 5.74) is 1.34. The van der Waals surface area contributed by atoms with Gasteiger partial charge in [0.15, 0.2) is 0 Å². The molecule has 0 spiro atoms.